The first-order valence-corrected chi connectivity index (χ1v) is 9.40. The van der Waals surface area contributed by atoms with E-state index in [4.69, 9.17) is 0 Å². The fourth-order valence-electron chi connectivity index (χ4n) is 5.12. The van der Waals surface area contributed by atoms with Crippen LogP contribution >= 0.6 is 0 Å². The Labute approximate surface area is 165 Å². The second-order valence-electron chi connectivity index (χ2n) is 7.50. The first-order valence-electron chi connectivity index (χ1n) is 9.40. The topological polar surface area (TPSA) is 12.9 Å². The summed E-state index contributed by atoms with van der Waals surface area (Å²) in [4.78, 5) is 4.58. The Morgan fingerprint density at radius 1 is 0.621 bits per heavy atom. The molecule has 0 fully saturated rings. The molecule has 1 aromatic heterocycles. The van der Waals surface area contributed by atoms with Crippen molar-refractivity contribution in [2.45, 2.75) is 11.6 Å². The van der Waals surface area contributed by atoms with E-state index >= 15 is 0 Å². The first kappa shape index (κ1) is 16.5. The number of aromatic nitrogens is 1. The fraction of sp³-hybridized carbons (Fsp3) is 0.0800. The molecule has 29 heavy (non-hydrogen) atoms. The van der Waals surface area contributed by atoms with Gasteiger partial charge >= 0.3 is 6.18 Å². The highest BCUT2D eigenvalue weighted by Crippen LogP contribution is 2.62. The Hall–Kier alpha value is -3.40. The summed E-state index contributed by atoms with van der Waals surface area (Å²) in [5, 5.41) is 0. The van der Waals surface area contributed by atoms with Gasteiger partial charge in [-0.05, 0) is 51.6 Å². The lowest BCUT2D eigenvalue weighted by Gasteiger charge is -2.30. The molecule has 1 nitrogen and oxygen atoms in total. The van der Waals surface area contributed by atoms with Crippen LogP contribution in [0, 0.1) is 0 Å². The van der Waals surface area contributed by atoms with Crippen molar-refractivity contribution in [1.82, 2.24) is 4.98 Å². The molecule has 0 bridgehead atoms. The van der Waals surface area contributed by atoms with Crippen molar-refractivity contribution in [2.75, 3.05) is 0 Å². The van der Waals surface area contributed by atoms with Crippen molar-refractivity contribution >= 4 is 0 Å². The van der Waals surface area contributed by atoms with E-state index in [2.05, 4.69) is 4.98 Å². The lowest BCUT2D eigenvalue weighted by Crippen LogP contribution is -2.26. The minimum Gasteiger partial charge on any atom is -0.256 e. The monoisotopic (exact) mass is 385 g/mol. The standard InChI is InChI=1S/C25H14F3N/c26-25(27,28)15-11-12-18-22(14-15)24(21-10-5-13-29-23(18)21)19-8-3-1-6-16(19)17-7-2-4-9-20(17)24/h1-14H. The molecule has 0 amide bonds. The molecule has 1 spiro atoms. The molecule has 1 heterocycles. The van der Waals surface area contributed by atoms with Crippen molar-refractivity contribution in [3.63, 3.8) is 0 Å². The van der Waals surface area contributed by atoms with Crippen LogP contribution in [0.1, 0.15) is 27.8 Å². The van der Waals surface area contributed by atoms with Gasteiger partial charge in [-0.1, -0.05) is 60.7 Å². The Morgan fingerprint density at radius 2 is 1.24 bits per heavy atom. The minimum absolute atomic E-state index is 0.634. The number of rotatable bonds is 0. The lowest BCUT2D eigenvalue weighted by molar-refractivity contribution is -0.137. The van der Waals surface area contributed by atoms with E-state index in [9.17, 15) is 13.2 Å². The summed E-state index contributed by atoms with van der Waals surface area (Å²) in [6, 6.07) is 23.9. The van der Waals surface area contributed by atoms with Gasteiger partial charge in [-0.25, -0.2) is 0 Å². The van der Waals surface area contributed by atoms with Crippen molar-refractivity contribution in [3.8, 4) is 22.4 Å². The van der Waals surface area contributed by atoms with E-state index in [-0.39, 0.29) is 0 Å². The summed E-state index contributed by atoms with van der Waals surface area (Å²) in [5.74, 6) is 0. The lowest BCUT2D eigenvalue weighted by atomic mass is 9.70. The normalized spacial score (nSPS) is 15.0. The number of hydrogen-bond acceptors (Lipinski definition) is 1. The molecular weight excluding hydrogens is 371 g/mol. The molecule has 0 saturated carbocycles. The number of hydrogen-bond donors (Lipinski definition) is 0. The van der Waals surface area contributed by atoms with Crippen molar-refractivity contribution < 1.29 is 13.2 Å². The number of halogens is 3. The zero-order valence-corrected chi connectivity index (χ0v) is 15.2. The fourth-order valence-corrected chi connectivity index (χ4v) is 5.12. The summed E-state index contributed by atoms with van der Waals surface area (Å²) in [6.07, 6.45) is -2.71. The van der Waals surface area contributed by atoms with E-state index < -0.39 is 17.2 Å². The number of nitrogens with zero attached hydrogens (tertiary/aromatic N) is 1. The van der Waals surface area contributed by atoms with Gasteiger partial charge in [0.25, 0.3) is 0 Å². The second-order valence-corrected chi connectivity index (χ2v) is 7.50. The molecule has 0 saturated heterocycles. The highest BCUT2D eigenvalue weighted by atomic mass is 19.4. The maximum Gasteiger partial charge on any atom is 0.416 e. The average molecular weight is 385 g/mol. The Balaban J connectivity index is 1.82. The molecule has 4 heteroatoms. The van der Waals surface area contributed by atoms with Crippen LogP contribution in [0.5, 0.6) is 0 Å². The van der Waals surface area contributed by atoms with Crippen LogP contribution in [-0.4, -0.2) is 4.98 Å². The molecule has 6 rings (SSSR count). The van der Waals surface area contributed by atoms with E-state index in [1.807, 2.05) is 60.7 Å². The molecule has 2 aliphatic carbocycles. The van der Waals surface area contributed by atoms with Gasteiger partial charge in [0, 0.05) is 11.8 Å². The predicted octanol–water partition coefficient (Wildman–Crippen LogP) is 6.44. The molecular formula is C25H14F3N. The predicted molar refractivity (Wildman–Crippen MR) is 106 cm³/mol. The van der Waals surface area contributed by atoms with Crippen LogP contribution in [0.4, 0.5) is 13.2 Å². The second kappa shape index (κ2) is 5.35. The van der Waals surface area contributed by atoms with E-state index in [1.54, 1.807) is 12.3 Å². The molecule has 0 radical (unpaired) electrons. The van der Waals surface area contributed by atoms with Crippen LogP contribution in [0.3, 0.4) is 0 Å². The Morgan fingerprint density at radius 3 is 1.90 bits per heavy atom. The summed E-state index contributed by atoms with van der Waals surface area (Å²) >= 11 is 0. The summed E-state index contributed by atoms with van der Waals surface area (Å²) in [7, 11) is 0. The minimum atomic E-state index is -4.41. The Kier molecular flexibility index (Phi) is 3.05. The van der Waals surface area contributed by atoms with Gasteiger partial charge in [0.05, 0.1) is 16.7 Å². The quantitative estimate of drug-likeness (QED) is 0.293. The molecule has 0 aliphatic heterocycles. The number of pyridine rings is 1. The highest BCUT2D eigenvalue weighted by molar-refractivity contribution is 5.93. The summed E-state index contributed by atoms with van der Waals surface area (Å²) in [6.45, 7) is 0. The molecule has 0 unspecified atom stereocenters. The van der Waals surface area contributed by atoms with Crippen LogP contribution in [0.15, 0.2) is 85.1 Å². The van der Waals surface area contributed by atoms with Crippen molar-refractivity contribution in [2.24, 2.45) is 0 Å². The SMILES string of the molecule is FC(F)(F)c1ccc2c(c1)C1(c3ccccc3-c3ccccc31)c1cccnc1-2. The zero-order valence-electron chi connectivity index (χ0n) is 15.2. The smallest absolute Gasteiger partial charge is 0.256 e. The van der Waals surface area contributed by atoms with Crippen LogP contribution in [-0.2, 0) is 11.6 Å². The number of alkyl halides is 3. The maximum atomic E-state index is 13.6. The molecule has 2 aliphatic rings. The van der Waals surface area contributed by atoms with Gasteiger partial charge in [0.1, 0.15) is 0 Å². The third kappa shape index (κ3) is 1.93. The molecule has 3 aromatic carbocycles. The van der Waals surface area contributed by atoms with Crippen LogP contribution < -0.4 is 0 Å². The average Bonchev–Trinajstić information content (AvgIpc) is 3.20. The third-order valence-corrected chi connectivity index (χ3v) is 6.17. The zero-order chi connectivity index (χ0) is 19.8. The first-order chi connectivity index (χ1) is 14.0. The molecule has 140 valence electrons. The van der Waals surface area contributed by atoms with Crippen LogP contribution in [0.25, 0.3) is 22.4 Å². The van der Waals surface area contributed by atoms with Gasteiger partial charge < -0.3 is 0 Å². The summed E-state index contributed by atoms with van der Waals surface area (Å²) < 4.78 is 40.9. The van der Waals surface area contributed by atoms with Gasteiger partial charge in [0.15, 0.2) is 0 Å². The Bertz CT molecular complexity index is 1240. The van der Waals surface area contributed by atoms with Gasteiger partial charge in [0.2, 0.25) is 0 Å². The maximum absolute atomic E-state index is 13.6. The molecule has 4 aromatic rings. The largest absolute Gasteiger partial charge is 0.416 e. The number of benzene rings is 3. The third-order valence-electron chi connectivity index (χ3n) is 6.17. The van der Waals surface area contributed by atoms with Gasteiger partial charge in [-0.15, -0.1) is 0 Å². The van der Waals surface area contributed by atoms with E-state index in [0.717, 1.165) is 45.1 Å². The molecule has 0 N–H and O–H groups in total. The van der Waals surface area contributed by atoms with E-state index in [0.29, 0.717) is 5.56 Å². The van der Waals surface area contributed by atoms with Crippen molar-refractivity contribution in [3.05, 3.63) is 113 Å². The number of fused-ring (bicyclic) bond motifs is 10. The van der Waals surface area contributed by atoms with Gasteiger partial charge in [-0.2, -0.15) is 13.2 Å². The highest BCUT2D eigenvalue weighted by Gasteiger charge is 2.52. The summed E-state index contributed by atoms with van der Waals surface area (Å²) in [5.41, 5.74) is 5.82. The van der Waals surface area contributed by atoms with E-state index in [1.165, 1.54) is 6.07 Å². The van der Waals surface area contributed by atoms with Crippen molar-refractivity contribution in [1.29, 1.82) is 0 Å². The van der Waals surface area contributed by atoms with Gasteiger partial charge in [-0.3, -0.25) is 4.98 Å². The van der Waals surface area contributed by atoms with Crippen LogP contribution in [0.2, 0.25) is 0 Å². The molecule has 0 atom stereocenters.